The largest absolute Gasteiger partial charge is 0.489 e. The van der Waals surface area contributed by atoms with E-state index < -0.39 is 0 Å². The fourth-order valence-electron chi connectivity index (χ4n) is 3.47. The molecule has 0 aliphatic carbocycles. The summed E-state index contributed by atoms with van der Waals surface area (Å²) in [5.41, 5.74) is 3.76. The molecule has 0 heterocycles. The first-order valence-electron chi connectivity index (χ1n) is 11.4. The lowest BCUT2D eigenvalue weighted by molar-refractivity contribution is 0.261. The summed E-state index contributed by atoms with van der Waals surface area (Å²) in [6.45, 7) is 12.9. The highest BCUT2D eigenvalue weighted by Crippen LogP contribution is 2.15. The maximum Gasteiger partial charge on any atom is 0.120 e. The molecule has 0 bridgehead atoms. The van der Waals surface area contributed by atoms with Crippen LogP contribution in [-0.2, 0) is 13.2 Å². The van der Waals surface area contributed by atoms with E-state index in [4.69, 9.17) is 4.74 Å². The number of aryl methyl sites for hydroxylation is 1. The van der Waals surface area contributed by atoms with Crippen LogP contribution in [0.4, 0.5) is 0 Å². The molecule has 0 atom stereocenters. The predicted octanol–water partition coefficient (Wildman–Crippen LogP) is 5.96. The Labute approximate surface area is 178 Å². The van der Waals surface area contributed by atoms with Crippen molar-refractivity contribution >= 4 is 0 Å². The van der Waals surface area contributed by atoms with Crippen LogP contribution in [0.1, 0.15) is 62.6 Å². The van der Waals surface area contributed by atoms with Gasteiger partial charge in [0.2, 0.25) is 0 Å². The second-order valence-electron chi connectivity index (χ2n) is 8.00. The molecule has 0 unspecified atom stereocenters. The molecular formula is C26H40N2O. The first-order valence-corrected chi connectivity index (χ1v) is 11.4. The molecule has 0 aliphatic heterocycles. The molecule has 3 nitrogen and oxygen atoms in total. The first kappa shape index (κ1) is 23.4. The molecule has 0 saturated heterocycles. The van der Waals surface area contributed by atoms with Crippen LogP contribution in [0.5, 0.6) is 5.75 Å². The smallest absolute Gasteiger partial charge is 0.120 e. The third-order valence-corrected chi connectivity index (χ3v) is 5.20. The van der Waals surface area contributed by atoms with Crippen molar-refractivity contribution in [1.82, 2.24) is 10.2 Å². The first-order chi connectivity index (χ1) is 14.2. The van der Waals surface area contributed by atoms with Crippen molar-refractivity contribution in [3.05, 3.63) is 65.2 Å². The summed E-state index contributed by atoms with van der Waals surface area (Å²) in [4.78, 5) is 2.63. The van der Waals surface area contributed by atoms with Gasteiger partial charge in [0, 0.05) is 6.54 Å². The van der Waals surface area contributed by atoms with E-state index in [2.05, 4.69) is 73.5 Å². The van der Waals surface area contributed by atoms with Crippen LogP contribution in [0, 0.1) is 6.92 Å². The summed E-state index contributed by atoms with van der Waals surface area (Å²) >= 11 is 0. The Morgan fingerprint density at radius 2 is 1.52 bits per heavy atom. The highest BCUT2D eigenvalue weighted by molar-refractivity contribution is 5.29. The standard InChI is InChI=1S/C26H40N2O/c1-4-6-16-28(17-7-5-2)18-10-15-27-21-24-12-9-14-26(20-24)29-22-25-13-8-11-23(3)19-25/h8-9,11-14,19-20,27H,4-7,10,15-18,21-22H2,1-3H3. The molecule has 160 valence electrons. The number of unbranched alkanes of at least 4 members (excludes halogenated alkanes) is 2. The Morgan fingerprint density at radius 3 is 2.24 bits per heavy atom. The fraction of sp³-hybridized carbons (Fsp3) is 0.538. The summed E-state index contributed by atoms with van der Waals surface area (Å²) in [7, 11) is 0. The lowest BCUT2D eigenvalue weighted by Crippen LogP contribution is -2.29. The number of ether oxygens (including phenoxy) is 1. The number of nitrogens with one attached hydrogen (secondary N) is 1. The van der Waals surface area contributed by atoms with Crippen LogP contribution in [0.25, 0.3) is 0 Å². The monoisotopic (exact) mass is 396 g/mol. The van der Waals surface area contributed by atoms with Crippen molar-refractivity contribution < 1.29 is 4.74 Å². The zero-order chi connectivity index (χ0) is 20.7. The Kier molecular flexibility index (Phi) is 11.5. The van der Waals surface area contributed by atoms with E-state index in [1.807, 2.05) is 6.07 Å². The summed E-state index contributed by atoms with van der Waals surface area (Å²) in [5.74, 6) is 0.941. The van der Waals surface area contributed by atoms with Crippen LogP contribution in [-0.4, -0.2) is 31.1 Å². The van der Waals surface area contributed by atoms with Crippen LogP contribution < -0.4 is 10.1 Å². The van der Waals surface area contributed by atoms with Gasteiger partial charge < -0.3 is 15.0 Å². The molecular weight excluding hydrogens is 356 g/mol. The van der Waals surface area contributed by atoms with E-state index in [1.54, 1.807) is 0 Å². The van der Waals surface area contributed by atoms with Crippen molar-refractivity contribution in [3.8, 4) is 5.75 Å². The van der Waals surface area contributed by atoms with Crippen molar-refractivity contribution in [2.24, 2.45) is 0 Å². The number of hydrogen-bond donors (Lipinski definition) is 1. The van der Waals surface area contributed by atoms with Gasteiger partial charge in [-0.1, -0.05) is 68.7 Å². The molecule has 2 rings (SSSR count). The SMILES string of the molecule is CCCCN(CCCC)CCCNCc1cccc(OCc2cccc(C)c2)c1. The molecule has 2 aromatic rings. The molecule has 0 fully saturated rings. The average Bonchev–Trinajstić information content (AvgIpc) is 2.74. The van der Waals surface area contributed by atoms with E-state index in [9.17, 15) is 0 Å². The van der Waals surface area contributed by atoms with Gasteiger partial charge in [-0.3, -0.25) is 0 Å². The predicted molar refractivity (Wildman–Crippen MR) is 125 cm³/mol. The average molecular weight is 397 g/mol. The maximum absolute atomic E-state index is 5.99. The minimum absolute atomic E-state index is 0.615. The van der Waals surface area contributed by atoms with E-state index in [0.717, 1.165) is 18.8 Å². The third kappa shape index (κ3) is 9.96. The van der Waals surface area contributed by atoms with Gasteiger partial charge in [-0.2, -0.15) is 0 Å². The molecule has 29 heavy (non-hydrogen) atoms. The van der Waals surface area contributed by atoms with Gasteiger partial charge in [0.05, 0.1) is 0 Å². The molecule has 0 spiro atoms. The molecule has 0 radical (unpaired) electrons. The molecule has 0 amide bonds. The topological polar surface area (TPSA) is 24.5 Å². The van der Waals surface area contributed by atoms with Crippen molar-refractivity contribution in [2.45, 2.75) is 66.0 Å². The maximum atomic E-state index is 5.99. The van der Waals surface area contributed by atoms with Crippen LogP contribution >= 0.6 is 0 Å². The summed E-state index contributed by atoms with van der Waals surface area (Å²) in [5, 5.41) is 3.60. The zero-order valence-corrected chi connectivity index (χ0v) is 18.8. The number of benzene rings is 2. The van der Waals surface area contributed by atoms with Crippen molar-refractivity contribution in [3.63, 3.8) is 0 Å². The van der Waals surface area contributed by atoms with Crippen LogP contribution in [0.2, 0.25) is 0 Å². The van der Waals surface area contributed by atoms with Crippen LogP contribution in [0.15, 0.2) is 48.5 Å². The Hall–Kier alpha value is -1.84. The quantitative estimate of drug-likeness (QED) is 0.376. The second-order valence-corrected chi connectivity index (χ2v) is 8.00. The normalized spacial score (nSPS) is 11.2. The minimum Gasteiger partial charge on any atom is -0.489 e. The molecule has 3 heteroatoms. The van der Waals surface area contributed by atoms with Gasteiger partial charge in [-0.15, -0.1) is 0 Å². The van der Waals surface area contributed by atoms with E-state index in [-0.39, 0.29) is 0 Å². The Bertz CT molecular complexity index is 678. The molecule has 0 aromatic heterocycles. The van der Waals surface area contributed by atoms with Gasteiger partial charge in [0.1, 0.15) is 12.4 Å². The lowest BCUT2D eigenvalue weighted by atomic mass is 10.1. The van der Waals surface area contributed by atoms with Crippen LogP contribution in [0.3, 0.4) is 0 Å². The van der Waals surface area contributed by atoms with Gasteiger partial charge in [-0.25, -0.2) is 0 Å². The highest BCUT2D eigenvalue weighted by Gasteiger charge is 2.04. The molecule has 0 aliphatic rings. The van der Waals surface area contributed by atoms with E-state index in [1.165, 1.54) is 68.4 Å². The third-order valence-electron chi connectivity index (χ3n) is 5.20. The molecule has 2 aromatic carbocycles. The van der Waals surface area contributed by atoms with Gasteiger partial charge in [0.15, 0.2) is 0 Å². The second kappa shape index (κ2) is 14.2. The minimum atomic E-state index is 0.615. The summed E-state index contributed by atoms with van der Waals surface area (Å²) < 4.78 is 5.99. The van der Waals surface area contributed by atoms with Gasteiger partial charge in [0.25, 0.3) is 0 Å². The van der Waals surface area contributed by atoms with E-state index >= 15 is 0 Å². The Morgan fingerprint density at radius 1 is 0.828 bits per heavy atom. The number of rotatable bonds is 15. The van der Waals surface area contributed by atoms with Crippen molar-refractivity contribution in [1.29, 1.82) is 0 Å². The summed E-state index contributed by atoms with van der Waals surface area (Å²) in [6.07, 6.45) is 6.39. The fourth-order valence-corrected chi connectivity index (χ4v) is 3.47. The van der Waals surface area contributed by atoms with E-state index in [0.29, 0.717) is 6.61 Å². The van der Waals surface area contributed by atoms with Gasteiger partial charge in [-0.05, 0) is 75.6 Å². The lowest BCUT2D eigenvalue weighted by Gasteiger charge is -2.22. The van der Waals surface area contributed by atoms with Crippen molar-refractivity contribution in [2.75, 3.05) is 26.2 Å². The highest BCUT2D eigenvalue weighted by atomic mass is 16.5. The zero-order valence-electron chi connectivity index (χ0n) is 18.8. The Balaban J connectivity index is 1.69. The molecule has 1 N–H and O–H groups in total. The molecule has 0 saturated carbocycles. The summed E-state index contributed by atoms with van der Waals surface area (Å²) in [6, 6.07) is 16.9. The number of nitrogens with zero attached hydrogens (tertiary/aromatic N) is 1. The number of hydrogen-bond acceptors (Lipinski definition) is 3. The van der Waals surface area contributed by atoms with Gasteiger partial charge >= 0.3 is 0 Å².